The Morgan fingerprint density at radius 3 is 2.22 bits per heavy atom. The molecule has 0 atom stereocenters. The summed E-state index contributed by atoms with van der Waals surface area (Å²) in [5.74, 6) is 0. The molecule has 3 nitrogen and oxygen atoms in total. The van der Waals surface area contributed by atoms with E-state index in [1.54, 1.807) is 12.4 Å². The van der Waals surface area contributed by atoms with Crippen LogP contribution >= 0.6 is 0 Å². The normalized spacial score (nSPS) is 10.8. The van der Waals surface area contributed by atoms with Crippen LogP contribution in [0.25, 0.3) is 22.2 Å². The number of nitrogens with zero attached hydrogens (tertiary/aromatic N) is 3. The lowest BCUT2D eigenvalue weighted by Crippen LogP contribution is -1.89. The summed E-state index contributed by atoms with van der Waals surface area (Å²) in [5.41, 5.74) is 6.34. The lowest BCUT2D eigenvalue weighted by Gasteiger charge is -2.07. The van der Waals surface area contributed by atoms with Crippen LogP contribution in [0.2, 0.25) is 0 Å². The number of aromatic nitrogens is 3. The third-order valence-corrected chi connectivity index (χ3v) is 3.04. The Bertz CT molecular complexity index is 703. The number of hydrogen-bond donors (Lipinski definition) is 0. The summed E-state index contributed by atoms with van der Waals surface area (Å²) >= 11 is 0. The molecule has 1 aromatic carbocycles. The minimum atomic E-state index is 0.915. The molecule has 0 bridgehead atoms. The van der Waals surface area contributed by atoms with Gasteiger partial charge >= 0.3 is 0 Å². The summed E-state index contributed by atoms with van der Waals surface area (Å²) in [4.78, 5) is 13.0. The minimum absolute atomic E-state index is 0.915. The summed E-state index contributed by atoms with van der Waals surface area (Å²) in [6.07, 6.45) is 5.34. The maximum atomic E-state index is 4.34. The first kappa shape index (κ1) is 10.8. The van der Waals surface area contributed by atoms with Gasteiger partial charge in [-0.3, -0.25) is 15.0 Å². The highest BCUT2D eigenvalue weighted by atomic mass is 14.8. The van der Waals surface area contributed by atoms with Crippen LogP contribution in [0.3, 0.4) is 0 Å². The van der Waals surface area contributed by atoms with E-state index in [1.165, 1.54) is 5.56 Å². The molecule has 3 heteroatoms. The molecule has 0 unspecified atom stereocenters. The lowest BCUT2D eigenvalue weighted by molar-refractivity contribution is 1.20. The molecule has 2 aromatic heterocycles. The van der Waals surface area contributed by atoms with Crippen LogP contribution in [-0.4, -0.2) is 15.0 Å². The van der Waals surface area contributed by atoms with Crippen LogP contribution in [0.4, 0.5) is 0 Å². The van der Waals surface area contributed by atoms with E-state index in [1.807, 2.05) is 19.2 Å². The van der Waals surface area contributed by atoms with Gasteiger partial charge in [0.25, 0.3) is 0 Å². The summed E-state index contributed by atoms with van der Waals surface area (Å²) in [7, 11) is 0. The fraction of sp³-hybridized carbons (Fsp3) is 0.133. The number of hydrogen-bond acceptors (Lipinski definition) is 3. The number of rotatable bonds is 1. The van der Waals surface area contributed by atoms with Crippen LogP contribution in [0, 0.1) is 13.8 Å². The van der Waals surface area contributed by atoms with Gasteiger partial charge in [0, 0.05) is 29.8 Å². The van der Waals surface area contributed by atoms with Crippen LogP contribution in [0.1, 0.15) is 11.3 Å². The van der Waals surface area contributed by atoms with E-state index in [2.05, 4.69) is 40.1 Å². The average Bonchev–Trinajstić information content (AvgIpc) is 2.39. The van der Waals surface area contributed by atoms with Crippen molar-refractivity contribution >= 4 is 11.0 Å². The van der Waals surface area contributed by atoms with Gasteiger partial charge in [0.1, 0.15) is 0 Å². The van der Waals surface area contributed by atoms with Gasteiger partial charge in [0.2, 0.25) is 0 Å². The van der Waals surface area contributed by atoms with Gasteiger partial charge in [-0.25, -0.2) is 0 Å². The zero-order chi connectivity index (χ0) is 12.5. The molecule has 3 aromatic rings. The average molecular weight is 235 g/mol. The highest BCUT2D eigenvalue weighted by molar-refractivity contribution is 5.83. The number of aryl methyl sites for hydroxylation is 2. The quantitative estimate of drug-likeness (QED) is 0.649. The van der Waals surface area contributed by atoms with E-state index in [4.69, 9.17) is 0 Å². The summed E-state index contributed by atoms with van der Waals surface area (Å²) in [6.45, 7) is 4.08. The van der Waals surface area contributed by atoms with E-state index in [0.29, 0.717) is 0 Å². The van der Waals surface area contributed by atoms with Gasteiger partial charge in [-0.15, -0.1) is 0 Å². The van der Waals surface area contributed by atoms with Crippen LogP contribution in [0.15, 0.2) is 42.9 Å². The van der Waals surface area contributed by atoms with Crippen molar-refractivity contribution in [3.8, 4) is 11.1 Å². The smallest absolute Gasteiger partial charge is 0.0893 e. The van der Waals surface area contributed by atoms with Crippen molar-refractivity contribution in [3.63, 3.8) is 0 Å². The second-order valence-corrected chi connectivity index (χ2v) is 4.40. The topological polar surface area (TPSA) is 38.7 Å². The van der Waals surface area contributed by atoms with E-state index in [9.17, 15) is 0 Å². The molecule has 0 spiro atoms. The second kappa shape index (κ2) is 4.18. The van der Waals surface area contributed by atoms with Crippen LogP contribution in [-0.2, 0) is 0 Å². The Balaban J connectivity index is 2.22. The van der Waals surface area contributed by atoms with Gasteiger partial charge in [-0.2, -0.15) is 0 Å². The van der Waals surface area contributed by atoms with Gasteiger partial charge in [-0.05, 0) is 43.2 Å². The first-order valence-electron chi connectivity index (χ1n) is 5.88. The van der Waals surface area contributed by atoms with Crippen molar-refractivity contribution < 1.29 is 0 Å². The fourth-order valence-corrected chi connectivity index (χ4v) is 2.05. The largest absolute Gasteiger partial charge is 0.261 e. The monoisotopic (exact) mass is 235 g/mol. The third kappa shape index (κ3) is 1.84. The Labute approximate surface area is 106 Å². The SMILES string of the molecule is Cc1ccc(-c2cc3nccnc3cc2C)cn1. The number of fused-ring (bicyclic) bond motifs is 1. The Kier molecular flexibility index (Phi) is 2.52. The molecule has 0 N–H and O–H groups in total. The van der Waals surface area contributed by atoms with E-state index in [0.717, 1.165) is 27.9 Å². The van der Waals surface area contributed by atoms with Crippen molar-refractivity contribution in [1.29, 1.82) is 0 Å². The molecular formula is C15H13N3. The van der Waals surface area contributed by atoms with Gasteiger partial charge in [0.05, 0.1) is 11.0 Å². The van der Waals surface area contributed by atoms with Gasteiger partial charge in [0.15, 0.2) is 0 Å². The van der Waals surface area contributed by atoms with Gasteiger partial charge < -0.3 is 0 Å². The van der Waals surface area contributed by atoms with Crippen molar-refractivity contribution in [2.24, 2.45) is 0 Å². The molecule has 0 fully saturated rings. The van der Waals surface area contributed by atoms with E-state index in [-0.39, 0.29) is 0 Å². The van der Waals surface area contributed by atoms with Crippen molar-refractivity contribution in [1.82, 2.24) is 15.0 Å². The molecule has 0 amide bonds. The summed E-state index contributed by atoms with van der Waals surface area (Å²) < 4.78 is 0. The molecule has 18 heavy (non-hydrogen) atoms. The molecule has 0 saturated carbocycles. The first-order chi connectivity index (χ1) is 8.74. The van der Waals surface area contributed by atoms with Crippen molar-refractivity contribution in [2.45, 2.75) is 13.8 Å². The van der Waals surface area contributed by atoms with Crippen LogP contribution in [0.5, 0.6) is 0 Å². The maximum Gasteiger partial charge on any atom is 0.0893 e. The molecule has 0 saturated heterocycles. The summed E-state index contributed by atoms with van der Waals surface area (Å²) in [6, 6.07) is 8.25. The molecule has 2 heterocycles. The molecule has 0 radical (unpaired) electrons. The Hall–Kier alpha value is -2.29. The van der Waals surface area contributed by atoms with Crippen LogP contribution < -0.4 is 0 Å². The van der Waals surface area contributed by atoms with Crippen molar-refractivity contribution in [2.75, 3.05) is 0 Å². The predicted molar refractivity (Wildman–Crippen MR) is 72.2 cm³/mol. The molecule has 88 valence electrons. The first-order valence-corrected chi connectivity index (χ1v) is 5.88. The number of benzene rings is 1. The highest BCUT2D eigenvalue weighted by Gasteiger charge is 2.05. The molecule has 0 aliphatic heterocycles. The highest BCUT2D eigenvalue weighted by Crippen LogP contribution is 2.26. The van der Waals surface area contributed by atoms with E-state index < -0.39 is 0 Å². The molecule has 0 aliphatic rings. The second-order valence-electron chi connectivity index (χ2n) is 4.40. The van der Waals surface area contributed by atoms with E-state index >= 15 is 0 Å². The number of pyridine rings is 1. The lowest BCUT2D eigenvalue weighted by atomic mass is 10.0. The van der Waals surface area contributed by atoms with Gasteiger partial charge in [-0.1, -0.05) is 6.07 Å². The maximum absolute atomic E-state index is 4.34. The molecule has 0 aliphatic carbocycles. The molecular weight excluding hydrogens is 222 g/mol. The predicted octanol–water partition coefficient (Wildman–Crippen LogP) is 3.31. The van der Waals surface area contributed by atoms with Crippen molar-refractivity contribution in [3.05, 3.63) is 54.1 Å². The zero-order valence-electron chi connectivity index (χ0n) is 10.4. The molecule has 3 rings (SSSR count). The zero-order valence-corrected chi connectivity index (χ0v) is 10.4. The Morgan fingerprint density at radius 1 is 0.833 bits per heavy atom. The summed E-state index contributed by atoms with van der Waals surface area (Å²) in [5, 5.41) is 0. The fourth-order valence-electron chi connectivity index (χ4n) is 2.05. The standard InChI is InChI=1S/C15H13N3/c1-10-7-14-15(17-6-5-16-14)8-13(10)12-4-3-11(2)18-9-12/h3-9H,1-2H3. The Morgan fingerprint density at radius 2 is 1.56 bits per heavy atom. The minimum Gasteiger partial charge on any atom is -0.261 e. The third-order valence-electron chi connectivity index (χ3n) is 3.04.